The van der Waals surface area contributed by atoms with Crippen molar-refractivity contribution in [2.45, 2.75) is 5.92 Å². The number of hydrogen-bond acceptors (Lipinski definition) is 4. The fourth-order valence-corrected chi connectivity index (χ4v) is 2.25. The third-order valence-corrected chi connectivity index (χ3v) is 3.09. The molecular formula is C11H14N4O2. The lowest BCUT2D eigenvalue weighted by Crippen LogP contribution is -2.36. The maximum Gasteiger partial charge on any atom is 0.238 e. The van der Waals surface area contributed by atoms with Crippen molar-refractivity contribution in [1.29, 1.82) is 0 Å². The first kappa shape index (κ1) is 11.6. The van der Waals surface area contributed by atoms with Crippen LogP contribution < -0.4 is 22.5 Å². The summed E-state index contributed by atoms with van der Waals surface area (Å²) in [7, 11) is 0. The van der Waals surface area contributed by atoms with Crippen molar-refractivity contribution >= 4 is 11.8 Å². The van der Waals surface area contributed by atoms with Crippen molar-refractivity contribution < 1.29 is 9.59 Å². The van der Waals surface area contributed by atoms with Gasteiger partial charge in [0.1, 0.15) is 0 Å². The van der Waals surface area contributed by atoms with Gasteiger partial charge in [-0.05, 0) is 5.56 Å². The van der Waals surface area contributed by atoms with Gasteiger partial charge in [-0.3, -0.25) is 20.4 Å². The lowest BCUT2D eigenvalue weighted by molar-refractivity contribution is -0.127. The molecule has 1 aliphatic rings. The summed E-state index contributed by atoms with van der Waals surface area (Å²) in [5.41, 5.74) is 5.09. The highest BCUT2D eigenvalue weighted by Gasteiger charge is 2.59. The van der Waals surface area contributed by atoms with Gasteiger partial charge in [0.2, 0.25) is 11.8 Å². The van der Waals surface area contributed by atoms with Crippen LogP contribution in [0.1, 0.15) is 11.5 Å². The molecule has 1 fully saturated rings. The minimum atomic E-state index is -0.439. The van der Waals surface area contributed by atoms with Gasteiger partial charge in [0.15, 0.2) is 0 Å². The molecule has 2 atom stereocenters. The van der Waals surface area contributed by atoms with Gasteiger partial charge in [-0.1, -0.05) is 30.3 Å². The second-order valence-corrected chi connectivity index (χ2v) is 4.01. The molecule has 0 bridgehead atoms. The van der Waals surface area contributed by atoms with Crippen LogP contribution in [-0.2, 0) is 9.59 Å². The second kappa shape index (κ2) is 4.52. The first-order valence-corrected chi connectivity index (χ1v) is 5.26. The molecule has 0 aromatic heterocycles. The van der Waals surface area contributed by atoms with Crippen molar-refractivity contribution in [2.24, 2.45) is 23.5 Å². The first-order chi connectivity index (χ1) is 8.20. The zero-order valence-electron chi connectivity index (χ0n) is 9.09. The molecule has 2 rings (SSSR count). The van der Waals surface area contributed by atoms with E-state index in [1.54, 1.807) is 0 Å². The Morgan fingerprint density at radius 2 is 1.41 bits per heavy atom. The van der Waals surface area contributed by atoms with Crippen LogP contribution in [0.5, 0.6) is 0 Å². The van der Waals surface area contributed by atoms with E-state index in [-0.39, 0.29) is 17.7 Å². The van der Waals surface area contributed by atoms with Crippen LogP contribution in [0.2, 0.25) is 0 Å². The smallest absolute Gasteiger partial charge is 0.238 e. The maximum atomic E-state index is 11.5. The predicted octanol–water partition coefficient (Wildman–Crippen LogP) is -1.00. The average molecular weight is 234 g/mol. The Labute approximate surface area is 98.3 Å². The number of benzene rings is 1. The molecule has 1 aliphatic carbocycles. The van der Waals surface area contributed by atoms with Crippen LogP contribution in [0.3, 0.4) is 0 Å². The Bertz CT molecular complexity index is 412. The Morgan fingerprint density at radius 1 is 0.941 bits per heavy atom. The molecule has 0 radical (unpaired) electrons. The molecule has 6 nitrogen and oxygen atoms in total. The van der Waals surface area contributed by atoms with Crippen LogP contribution >= 0.6 is 0 Å². The van der Waals surface area contributed by atoms with Crippen molar-refractivity contribution in [3.8, 4) is 0 Å². The molecule has 0 spiro atoms. The van der Waals surface area contributed by atoms with Gasteiger partial charge in [-0.25, -0.2) is 11.7 Å². The zero-order valence-corrected chi connectivity index (χ0v) is 9.09. The zero-order chi connectivity index (χ0) is 12.4. The molecular weight excluding hydrogens is 220 g/mol. The van der Waals surface area contributed by atoms with Crippen LogP contribution in [0.4, 0.5) is 0 Å². The fraction of sp³-hybridized carbons (Fsp3) is 0.273. The summed E-state index contributed by atoms with van der Waals surface area (Å²) in [5, 5.41) is 0. The van der Waals surface area contributed by atoms with Crippen LogP contribution in [0, 0.1) is 11.8 Å². The molecule has 0 unspecified atom stereocenters. The molecule has 0 heterocycles. The highest BCUT2D eigenvalue weighted by Crippen LogP contribution is 2.53. The van der Waals surface area contributed by atoms with E-state index in [9.17, 15) is 9.59 Å². The van der Waals surface area contributed by atoms with Crippen molar-refractivity contribution in [3.63, 3.8) is 0 Å². The average Bonchev–Trinajstić information content (AvgIpc) is 3.13. The van der Waals surface area contributed by atoms with Crippen molar-refractivity contribution in [3.05, 3.63) is 35.9 Å². The van der Waals surface area contributed by atoms with Gasteiger partial charge in [-0.15, -0.1) is 0 Å². The maximum absolute atomic E-state index is 11.5. The predicted molar refractivity (Wildman–Crippen MR) is 60.8 cm³/mol. The summed E-state index contributed by atoms with van der Waals surface area (Å²) in [5.74, 6) is 8.48. The Balaban J connectivity index is 2.22. The molecule has 17 heavy (non-hydrogen) atoms. The summed E-state index contributed by atoms with van der Waals surface area (Å²) < 4.78 is 0. The van der Waals surface area contributed by atoms with Crippen LogP contribution in [-0.4, -0.2) is 11.8 Å². The molecule has 0 saturated heterocycles. The van der Waals surface area contributed by atoms with E-state index >= 15 is 0 Å². The third kappa shape index (κ3) is 2.00. The summed E-state index contributed by atoms with van der Waals surface area (Å²) in [6.45, 7) is 0. The minimum absolute atomic E-state index is 0.150. The molecule has 0 aliphatic heterocycles. The quantitative estimate of drug-likeness (QED) is 0.305. The minimum Gasteiger partial charge on any atom is -0.294 e. The van der Waals surface area contributed by atoms with Crippen molar-refractivity contribution in [1.82, 2.24) is 10.9 Å². The fourth-order valence-electron chi connectivity index (χ4n) is 2.25. The number of carbonyl (C=O) groups is 2. The molecule has 90 valence electrons. The number of rotatable bonds is 3. The van der Waals surface area contributed by atoms with E-state index in [0.717, 1.165) is 5.56 Å². The number of hydrogen-bond donors (Lipinski definition) is 4. The number of hydrazine groups is 2. The summed E-state index contributed by atoms with van der Waals surface area (Å²) in [6.07, 6.45) is 0. The lowest BCUT2D eigenvalue weighted by atomic mass is 10.1. The molecule has 6 heteroatoms. The molecule has 2 amide bonds. The van der Waals surface area contributed by atoms with Gasteiger partial charge >= 0.3 is 0 Å². The summed E-state index contributed by atoms with van der Waals surface area (Å²) in [4.78, 5) is 23.1. The summed E-state index contributed by atoms with van der Waals surface area (Å²) in [6, 6.07) is 9.36. The first-order valence-electron chi connectivity index (χ1n) is 5.26. The number of amides is 2. The lowest BCUT2D eigenvalue weighted by Gasteiger charge is -1.98. The molecule has 6 N–H and O–H groups in total. The van der Waals surface area contributed by atoms with Gasteiger partial charge in [0, 0.05) is 5.92 Å². The monoisotopic (exact) mass is 234 g/mol. The van der Waals surface area contributed by atoms with E-state index in [0.29, 0.717) is 0 Å². The van der Waals surface area contributed by atoms with Crippen molar-refractivity contribution in [2.75, 3.05) is 0 Å². The van der Waals surface area contributed by atoms with Gasteiger partial charge in [0.05, 0.1) is 11.8 Å². The molecule has 1 aromatic rings. The van der Waals surface area contributed by atoms with Crippen LogP contribution in [0.15, 0.2) is 30.3 Å². The highest BCUT2D eigenvalue weighted by atomic mass is 16.2. The molecule has 1 aromatic carbocycles. The van der Waals surface area contributed by atoms with E-state index in [1.807, 2.05) is 30.3 Å². The third-order valence-electron chi connectivity index (χ3n) is 3.09. The summed E-state index contributed by atoms with van der Waals surface area (Å²) >= 11 is 0. The number of nitrogens with one attached hydrogen (secondary N) is 2. The Morgan fingerprint density at radius 3 is 1.82 bits per heavy atom. The van der Waals surface area contributed by atoms with E-state index in [1.165, 1.54) is 0 Å². The Hall–Kier alpha value is -1.92. The van der Waals surface area contributed by atoms with Crippen LogP contribution in [0.25, 0.3) is 0 Å². The number of nitrogens with two attached hydrogens (primary N) is 2. The van der Waals surface area contributed by atoms with Gasteiger partial charge < -0.3 is 0 Å². The Kier molecular flexibility index (Phi) is 3.08. The topological polar surface area (TPSA) is 110 Å². The molecule has 1 saturated carbocycles. The largest absolute Gasteiger partial charge is 0.294 e. The second-order valence-electron chi connectivity index (χ2n) is 4.01. The normalized spacial score (nSPS) is 26.1. The number of carbonyl (C=O) groups excluding carboxylic acids is 2. The van der Waals surface area contributed by atoms with Gasteiger partial charge in [-0.2, -0.15) is 0 Å². The standard InChI is InChI=1S/C11H14N4O2/c12-14-10(16)8-7(9(8)11(17)15-13)6-4-2-1-3-5-6/h1-5,7-9H,12-13H2,(H,14,16)(H,15,17)/t8-,9-/m0/s1. The van der Waals surface area contributed by atoms with Gasteiger partial charge in [0.25, 0.3) is 0 Å². The van der Waals surface area contributed by atoms with E-state index in [2.05, 4.69) is 10.9 Å². The van der Waals surface area contributed by atoms with E-state index in [4.69, 9.17) is 11.7 Å². The highest BCUT2D eigenvalue weighted by molar-refractivity contribution is 5.94. The van der Waals surface area contributed by atoms with E-state index < -0.39 is 11.8 Å². The SMILES string of the molecule is NNC(=O)[C@H]1C(c2ccccc2)[C@@H]1C(=O)NN.